The summed E-state index contributed by atoms with van der Waals surface area (Å²) in [6.45, 7) is 5.66. The molecule has 63 heavy (non-hydrogen) atoms. The first kappa shape index (κ1) is 43.8. The maximum Gasteiger partial charge on any atom is 0.329 e. The Labute approximate surface area is 365 Å². The number of alkyl halides is 1. The van der Waals surface area contributed by atoms with Crippen LogP contribution in [0.5, 0.6) is 11.6 Å². The van der Waals surface area contributed by atoms with Crippen molar-refractivity contribution in [2.75, 3.05) is 40.4 Å². The summed E-state index contributed by atoms with van der Waals surface area (Å²) in [5.74, 6) is 5.68. The first-order valence-corrected chi connectivity index (χ1v) is 22.2. The Balaban J connectivity index is 0.849. The Hall–Kier alpha value is -5.79. The highest BCUT2D eigenvalue weighted by Crippen LogP contribution is 2.35. The zero-order valence-corrected chi connectivity index (χ0v) is 36.5. The lowest BCUT2D eigenvalue weighted by Gasteiger charge is -2.39. The van der Waals surface area contributed by atoms with Gasteiger partial charge in [-0.1, -0.05) is 24.8 Å². The highest BCUT2D eigenvalue weighted by atomic mass is 19.1. The van der Waals surface area contributed by atoms with Gasteiger partial charge in [0.15, 0.2) is 6.17 Å². The molecule has 5 heterocycles. The predicted molar refractivity (Wildman–Crippen MR) is 235 cm³/mol. The van der Waals surface area contributed by atoms with Crippen molar-refractivity contribution >= 4 is 45.4 Å². The third kappa shape index (κ3) is 9.04. The van der Waals surface area contributed by atoms with E-state index in [1.165, 1.54) is 11.7 Å². The average Bonchev–Trinajstić information content (AvgIpc) is 3.70. The van der Waals surface area contributed by atoms with Crippen molar-refractivity contribution in [3.05, 3.63) is 63.7 Å². The van der Waals surface area contributed by atoms with Gasteiger partial charge in [-0.2, -0.15) is 0 Å². The van der Waals surface area contributed by atoms with Gasteiger partial charge in [0.2, 0.25) is 17.7 Å². The number of benzene rings is 2. The minimum Gasteiger partial charge on any atom is -0.496 e. The second-order valence-corrected chi connectivity index (χ2v) is 17.8. The molecule has 16 heteroatoms. The first-order chi connectivity index (χ1) is 30.3. The summed E-state index contributed by atoms with van der Waals surface area (Å²) in [4.78, 5) is 71.6. The molecular formula is C47H57FN8O7. The molecule has 8 rings (SSSR count). The van der Waals surface area contributed by atoms with Gasteiger partial charge in [-0.3, -0.25) is 38.5 Å². The molecule has 4 atom stereocenters. The van der Waals surface area contributed by atoms with Crippen molar-refractivity contribution < 1.29 is 33.0 Å². The molecule has 1 unspecified atom stereocenters. The van der Waals surface area contributed by atoms with E-state index < -0.39 is 41.9 Å². The molecule has 4 aliphatic rings. The lowest BCUT2D eigenvalue weighted by molar-refractivity contribution is -0.135. The fourth-order valence-corrected chi connectivity index (χ4v) is 10.2. The highest BCUT2D eigenvalue weighted by Gasteiger charge is 2.42. The minimum atomic E-state index is -1.58. The molecule has 1 aliphatic carbocycles. The molecule has 4 aromatic rings. The van der Waals surface area contributed by atoms with Crippen LogP contribution in [-0.2, 0) is 28.0 Å². The number of rotatable bonds is 12. The van der Waals surface area contributed by atoms with Gasteiger partial charge in [0, 0.05) is 61.4 Å². The normalized spacial score (nSPS) is 24.6. The number of nitrogens with zero attached hydrogens (tertiary/aromatic N) is 5. The Morgan fingerprint density at radius 1 is 1.00 bits per heavy atom. The monoisotopic (exact) mass is 864 g/mol. The van der Waals surface area contributed by atoms with E-state index in [4.69, 9.17) is 15.2 Å². The summed E-state index contributed by atoms with van der Waals surface area (Å²) in [6.07, 6.45) is 7.36. The van der Waals surface area contributed by atoms with Gasteiger partial charge < -0.3 is 25.4 Å². The van der Waals surface area contributed by atoms with Gasteiger partial charge in [-0.25, -0.2) is 14.2 Å². The number of halogens is 1. The van der Waals surface area contributed by atoms with Crippen LogP contribution in [0.4, 0.5) is 4.39 Å². The largest absolute Gasteiger partial charge is 0.496 e. The molecule has 3 saturated heterocycles. The standard InChI is InChI=1S/C47H57FN8O7/c1-5-32-36(51-45(60)42(32)48)26-63-46-34-22-40(62-4)35(43(49)58)21-33(34)30(23-50-46)12-10-27-6-8-28(9-7-27)24-53(2)31-16-18-55(19-17-31)25-29-11-13-37-39(20-29)54(3)47(61)56(37)38-14-15-41(57)52-44(38)59/h11,13,20-23,27-28,31-32,36,38,42H,5-9,14-19,24-26H2,1-4H3,(H2,49,58)(H,51,60)(H,52,57,59)/t27-,28-,32-,36+,38?,42-/m0/s1. The van der Waals surface area contributed by atoms with Crippen molar-refractivity contribution in [3.63, 3.8) is 0 Å². The second-order valence-electron chi connectivity index (χ2n) is 17.8. The van der Waals surface area contributed by atoms with Crippen molar-refractivity contribution in [2.45, 2.75) is 95.6 Å². The van der Waals surface area contributed by atoms with Crippen LogP contribution >= 0.6 is 0 Å². The molecule has 4 amide bonds. The lowest BCUT2D eigenvalue weighted by atomic mass is 9.81. The quantitative estimate of drug-likeness (QED) is 0.139. The maximum atomic E-state index is 14.5. The molecule has 0 spiro atoms. The van der Waals surface area contributed by atoms with Crippen LogP contribution in [0.1, 0.15) is 92.2 Å². The SMILES string of the molecule is CC[C@@H]1[C@H](F)C(=O)N[C@@H]1COc1ncc(C#C[C@H]2CC[C@H](CN(C)C3CCN(Cc4ccc5c(c4)n(C)c(=O)n5C4CCC(=O)NC4=O)CC3)CC2)c2cc(C(N)=O)c(OC)cc12. The fraction of sp³-hybridized carbons (Fsp3) is 0.532. The number of likely N-dealkylation sites (tertiary alicyclic amines) is 1. The molecular weight excluding hydrogens is 808 g/mol. The minimum absolute atomic E-state index is 0.0330. The van der Waals surface area contributed by atoms with Crippen molar-refractivity contribution in [3.8, 4) is 23.5 Å². The number of imidazole rings is 1. The van der Waals surface area contributed by atoms with Crippen LogP contribution in [0, 0.1) is 29.6 Å². The average molecular weight is 865 g/mol. The Morgan fingerprint density at radius 3 is 2.46 bits per heavy atom. The Kier molecular flexibility index (Phi) is 12.9. The van der Waals surface area contributed by atoms with Gasteiger partial charge in [0.25, 0.3) is 11.8 Å². The van der Waals surface area contributed by atoms with E-state index >= 15 is 0 Å². The molecule has 3 aliphatic heterocycles. The summed E-state index contributed by atoms with van der Waals surface area (Å²) in [5.41, 5.74) is 8.91. The highest BCUT2D eigenvalue weighted by molar-refractivity contribution is 6.03. The van der Waals surface area contributed by atoms with Crippen LogP contribution in [0.3, 0.4) is 0 Å². The zero-order chi connectivity index (χ0) is 44.5. The number of aryl methyl sites for hydroxylation is 1. The van der Waals surface area contributed by atoms with Crippen molar-refractivity contribution in [2.24, 2.45) is 30.5 Å². The molecule has 1 saturated carbocycles. The van der Waals surface area contributed by atoms with Crippen LogP contribution in [-0.4, -0.2) is 106 Å². The van der Waals surface area contributed by atoms with E-state index in [1.807, 2.05) is 25.1 Å². The number of pyridine rings is 1. The summed E-state index contributed by atoms with van der Waals surface area (Å²) >= 11 is 0. The fourth-order valence-electron chi connectivity index (χ4n) is 10.2. The number of ether oxygens (including phenoxy) is 2. The third-order valence-electron chi connectivity index (χ3n) is 13.8. The number of fused-ring (bicyclic) bond motifs is 2. The molecule has 0 bridgehead atoms. The Morgan fingerprint density at radius 2 is 1.76 bits per heavy atom. The van der Waals surface area contributed by atoms with Crippen LogP contribution in [0.25, 0.3) is 21.8 Å². The number of methoxy groups -OCH3 is 1. The maximum absolute atomic E-state index is 14.5. The van der Waals surface area contributed by atoms with E-state index in [9.17, 15) is 28.4 Å². The first-order valence-electron chi connectivity index (χ1n) is 22.2. The third-order valence-corrected chi connectivity index (χ3v) is 13.8. The van der Waals surface area contributed by atoms with E-state index in [2.05, 4.69) is 44.3 Å². The van der Waals surface area contributed by atoms with Crippen molar-refractivity contribution in [1.82, 2.24) is 34.6 Å². The van der Waals surface area contributed by atoms with Crippen LogP contribution < -0.4 is 31.5 Å². The number of carbonyl (C=O) groups is 4. The van der Waals surface area contributed by atoms with E-state index in [0.29, 0.717) is 46.7 Å². The number of nitrogens with one attached hydrogen (secondary N) is 2. The topological polar surface area (TPSA) is 183 Å². The van der Waals surface area contributed by atoms with Crippen LogP contribution in [0.2, 0.25) is 0 Å². The van der Waals surface area contributed by atoms with E-state index in [0.717, 1.165) is 75.8 Å². The molecule has 4 fully saturated rings. The zero-order valence-electron chi connectivity index (χ0n) is 36.5. The van der Waals surface area contributed by atoms with E-state index in [1.54, 1.807) is 29.9 Å². The second kappa shape index (κ2) is 18.5. The van der Waals surface area contributed by atoms with Gasteiger partial charge >= 0.3 is 5.69 Å². The molecule has 15 nitrogen and oxygen atoms in total. The Bertz CT molecular complexity index is 2550. The molecule has 2 aromatic carbocycles. The number of aromatic nitrogens is 3. The van der Waals surface area contributed by atoms with Gasteiger partial charge in [0.05, 0.1) is 35.3 Å². The number of nitrogens with two attached hydrogens (primary N) is 1. The predicted octanol–water partition coefficient (Wildman–Crippen LogP) is 3.97. The van der Waals surface area contributed by atoms with Gasteiger partial charge in [-0.15, -0.1) is 0 Å². The molecule has 0 radical (unpaired) electrons. The summed E-state index contributed by atoms with van der Waals surface area (Å²) in [7, 11) is 5.43. The number of primary amides is 1. The van der Waals surface area contributed by atoms with Gasteiger partial charge in [-0.05, 0) is 107 Å². The molecule has 2 aromatic heterocycles. The summed E-state index contributed by atoms with van der Waals surface area (Å²) < 4.78 is 29.2. The smallest absolute Gasteiger partial charge is 0.329 e. The number of imide groups is 1. The summed E-state index contributed by atoms with van der Waals surface area (Å²) in [5, 5.41) is 6.28. The lowest BCUT2D eigenvalue weighted by Crippen LogP contribution is -2.44. The number of hydrogen-bond donors (Lipinski definition) is 3. The molecule has 4 N–H and O–H groups in total. The van der Waals surface area contributed by atoms with Gasteiger partial charge in [0.1, 0.15) is 18.4 Å². The summed E-state index contributed by atoms with van der Waals surface area (Å²) in [6, 6.07) is 8.64. The molecule has 334 valence electrons. The van der Waals surface area contributed by atoms with Crippen molar-refractivity contribution in [1.29, 1.82) is 0 Å². The number of carbonyl (C=O) groups excluding carboxylic acids is 4. The van der Waals surface area contributed by atoms with E-state index in [-0.39, 0.29) is 47.7 Å². The number of piperidine rings is 2. The van der Waals surface area contributed by atoms with Crippen LogP contribution in [0.15, 0.2) is 41.3 Å². The number of amides is 4. The number of hydrogen-bond acceptors (Lipinski definition) is 10.